The van der Waals surface area contributed by atoms with Crippen LogP contribution in [-0.4, -0.2) is 46.5 Å². The number of hydrogen-bond acceptors (Lipinski definition) is 9. The number of esters is 1. The van der Waals surface area contributed by atoms with Crippen LogP contribution in [0.15, 0.2) is 48.3 Å². The zero-order valence-corrected chi connectivity index (χ0v) is 20.4. The first kappa shape index (κ1) is 24.1. The van der Waals surface area contributed by atoms with Gasteiger partial charge in [0.1, 0.15) is 16.4 Å². The van der Waals surface area contributed by atoms with Crippen LogP contribution in [-0.2, 0) is 14.3 Å². The van der Waals surface area contributed by atoms with Crippen LogP contribution in [0.2, 0.25) is 0 Å². The summed E-state index contributed by atoms with van der Waals surface area (Å²) in [5, 5.41) is 11.4. The zero-order chi connectivity index (χ0) is 25.3. The van der Waals surface area contributed by atoms with Gasteiger partial charge in [-0.15, -0.1) is 0 Å². The van der Waals surface area contributed by atoms with E-state index in [1.54, 1.807) is 57.3 Å². The van der Waals surface area contributed by atoms with Crippen molar-refractivity contribution in [2.24, 2.45) is 0 Å². The average molecular weight is 494 g/mol. The molecule has 1 N–H and O–H groups in total. The van der Waals surface area contributed by atoms with Crippen molar-refractivity contribution >= 4 is 39.9 Å². The molecule has 0 aliphatic carbocycles. The molecule has 4 rings (SSSR count). The van der Waals surface area contributed by atoms with Gasteiger partial charge in [0.25, 0.3) is 5.78 Å². The molecule has 1 aliphatic heterocycles. The summed E-state index contributed by atoms with van der Waals surface area (Å²) in [5.74, 6) is -2.02. The number of benzene rings is 1. The molecule has 35 heavy (non-hydrogen) atoms. The fourth-order valence-corrected chi connectivity index (χ4v) is 4.92. The minimum atomic E-state index is -0.995. The number of aliphatic hydroxyl groups excluding tert-OH is 1. The number of hydrogen-bond donors (Lipinski definition) is 1. The predicted molar refractivity (Wildman–Crippen MR) is 130 cm³/mol. The Kier molecular flexibility index (Phi) is 6.65. The molecule has 0 bridgehead atoms. The Labute approximate surface area is 205 Å². The number of carbonyl (C=O) groups excluding carboxylic acids is 3. The predicted octanol–water partition coefficient (Wildman–Crippen LogP) is 3.97. The molecule has 0 radical (unpaired) electrons. The van der Waals surface area contributed by atoms with E-state index in [2.05, 4.69) is 9.97 Å². The summed E-state index contributed by atoms with van der Waals surface area (Å²) < 4.78 is 10.3. The van der Waals surface area contributed by atoms with Crippen molar-refractivity contribution in [1.29, 1.82) is 0 Å². The van der Waals surface area contributed by atoms with E-state index in [1.807, 2.05) is 0 Å². The van der Waals surface area contributed by atoms with E-state index in [-0.39, 0.29) is 27.9 Å². The van der Waals surface area contributed by atoms with Crippen LogP contribution >= 0.6 is 11.3 Å². The quantitative estimate of drug-likeness (QED) is 0.237. The summed E-state index contributed by atoms with van der Waals surface area (Å²) in [6.45, 7) is 5.27. The van der Waals surface area contributed by atoms with Crippen molar-refractivity contribution in [2.45, 2.75) is 26.8 Å². The molecule has 1 amide bonds. The van der Waals surface area contributed by atoms with Crippen molar-refractivity contribution in [1.82, 2.24) is 9.97 Å². The topological polar surface area (TPSA) is 119 Å². The molecule has 1 aromatic carbocycles. The molecule has 1 unspecified atom stereocenters. The van der Waals surface area contributed by atoms with Crippen molar-refractivity contribution in [3.63, 3.8) is 0 Å². The molecule has 3 aromatic rings. The number of methoxy groups -OCH3 is 1. The molecule has 2 aromatic heterocycles. The van der Waals surface area contributed by atoms with Crippen LogP contribution in [0, 0.1) is 13.8 Å². The van der Waals surface area contributed by atoms with Crippen LogP contribution in [0.25, 0.3) is 5.76 Å². The number of rotatable bonds is 6. The molecule has 1 atom stereocenters. The number of aryl methyl sites for hydroxylation is 2. The first-order chi connectivity index (χ1) is 16.8. The lowest BCUT2D eigenvalue weighted by atomic mass is 9.95. The highest BCUT2D eigenvalue weighted by Gasteiger charge is 2.48. The molecule has 1 aliphatic rings. The van der Waals surface area contributed by atoms with Crippen molar-refractivity contribution in [3.8, 4) is 5.75 Å². The van der Waals surface area contributed by atoms with E-state index >= 15 is 0 Å². The summed E-state index contributed by atoms with van der Waals surface area (Å²) in [5.41, 5.74) is 1.83. The maximum atomic E-state index is 13.3. The average Bonchev–Trinajstić information content (AvgIpc) is 3.36. The van der Waals surface area contributed by atoms with Gasteiger partial charge in [-0.05, 0) is 56.2 Å². The number of ketones is 1. The van der Waals surface area contributed by atoms with E-state index in [0.29, 0.717) is 28.1 Å². The molecule has 3 heterocycles. The van der Waals surface area contributed by atoms with Gasteiger partial charge in [0.2, 0.25) is 0 Å². The molecular formula is C25H23N3O6S. The monoisotopic (exact) mass is 493 g/mol. The van der Waals surface area contributed by atoms with Gasteiger partial charge in [-0.2, -0.15) is 0 Å². The van der Waals surface area contributed by atoms with Crippen LogP contribution in [0.5, 0.6) is 5.75 Å². The molecule has 10 heteroatoms. The van der Waals surface area contributed by atoms with Crippen molar-refractivity contribution in [2.75, 3.05) is 18.6 Å². The normalized spacial score (nSPS) is 17.0. The third-order valence-electron chi connectivity index (χ3n) is 5.59. The third kappa shape index (κ3) is 4.28. The Bertz CT molecular complexity index is 1350. The first-order valence-corrected chi connectivity index (χ1v) is 11.6. The van der Waals surface area contributed by atoms with Gasteiger partial charge in [0.05, 0.1) is 31.0 Å². The number of aromatic nitrogens is 2. The maximum Gasteiger partial charge on any atom is 0.350 e. The Morgan fingerprint density at radius 1 is 1.23 bits per heavy atom. The van der Waals surface area contributed by atoms with Crippen LogP contribution in [0.3, 0.4) is 0 Å². The number of pyridine rings is 1. The van der Waals surface area contributed by atoms with Gasteiger partial charge in [-0.25, -0.2) is 9.78 Å². The highest BCUT2D eigenvalue weighted by atomic mass is 32.1. The molecule has 0 saturated carbocycles. The number of thiazole rings is 1. The number of nitrogens with zero attached hydrogens (tertiary/aromatic N) is 3. The number of anilines is 1. The highest BCUT2D eigenvalue weighted by Crippen LogP contribution is 2.44. The third-order valence-corrected chi connectivity index (χ3v) is 6.72. The van der Waals surface area contributed by atoms with Crippen LogP contribution in [0.1, 0.15) is 45.0 Å². The van der Waals surface area contributed by atoms with E-state index in [0.717, 1.165) is 11.3 Å². The number of amides is 1. The van der Waals surface area contributed by atoms with Gasteiger partial charge in [0.15, 0.2) is 5.13 Å². The summed E-state index contributed by atoms with van der Waals surface area (Å²) in [6.07, 6.45) is 3.08. The Hall–Kier alpha value is -4.05. The molecule has 9 nitrogen and oxygen atoms in total. The smallest absolute Gasteiger partial charge is 0.350 e. The summed E-state index contributed by atoms with van der Waals surface area (Å²) in [6, 6.07) is 7.39. The molecule has 1 fully saturated rings. The second-order valence-electron chi connectivity index (χ2n) is 7.77. The summed E-state index contributed by atoms with van der Waals surface area (Å²) in [4.78, 5) is 48.9. The fourth-order valence-electron chi connectivity index (χ4n) is 3.93. The lowest BCUT2D eigenvalue weighted by molar-refractivity contribution is -0.132. The lowest BCUT2D eigenvalue weighted by Gasteiger charge is -2.22. The second-order valence-corrected chi connectivity index (χ2v) is 8.75. The Morgan fingerprint density at radius 2 is 2.00 bits per heavy atom. The Balaban J connectivity index is 1.91. The van der Waals surface area contributed by atoms with Gasteiger partial charge in [-0.1, -0.05) is 17.4 Å². The van der Waals surface area contributed by atoms with E-state index in [4.69, 9.17) is 9.47 Å². The molecular weight excluding hydrogens is 470 g/mol. The standard InChI is InChI=1S/C25H23N3O6S/c1-5-34-24(32)22-14(3)27-25(35-22)28-19(15-7-6-10-26-12-15)18(21(30)23(28)31)20(29)17-9-8-16(33-4)11-13(17)2/h6-12,19,29H,5H2,1-4H3/b20-18-. The van der Waals surface area contributed by atoms with Crippen molar-refractivity contribution < 1.29 is 29.0 Å². The van der Waals surface area contributed by atoms with E-state index < -0.39 is 23.7 Å². The van der Waals surface area contributed by atoms with Gasteiger partial charge < -0.3 is 14.6 Å². The van der Waals surface area contributed by atoms with Crippen LogP contribution < -0.4 is 9.64 Å². The van der Waals surface area contributed by atoms with Crippen molar-refractivity contribution in [3.05, 3.63) is 75.6 Å². The highest BCUT2D eigenvalue weighted by molar-refractivity contribution is 7.17. The number of ether oxygens (including phenoxy) is 2. The second kappa shape index (κ2) is 9.67. The van der Waals surface area contributed by atoms with E-state index in [9.17, 15) is 19.5 Å². The molecule has 1 saturated heterocycles. The minimum absolute atomic E-state index is 0.0956. The van der Waals surface area contributed by atoms with Gasteiger partial charge >= 0.3 is 11.9 Å². The SMILES string of the molecule is CCOC(=O)c1sc(N2C(=O)C(=O)/C(=C(\O)c3ccc(OC)cc3C)C2c2cccnc2)nc1C. The largest absolute Gasteiger partial charge is 0.507 e. The van der Waals surface area contributed by atoms with Gasteiger partial charge in [0, 0.05) is 18.0 Å². The number of Topliss-reactive ketones (excluding diaryl/α,β-unsaturated/α-hetero) is 1. The first-order valence-electron chi connectivity index (χ1n) is 10.8. The fraction of sp³-hybridized carbons (Fsp3) is 0.240. The number of carbonyl (C=O) groups is 3. The zero-order valence-electron chi connectivity index (χ0n) is 19.6. The Morgan fingerprint density at radius 3 is 2.63 bits per heavy atom. The summed E-state index contributed by atoms with van der Waals surface area (Å²) >= 11 is 0.953. The number of aliphatic hydroxyl groups is 1. The van der Waals surface area contributed by atoms with Crippen LogP contribution in [0.4, 0.5) is 5.13 Å². The minimum Gasteiger partial charge on any atom is -0.507 e. The van der Waals surface area contributed by atoms with Gasteiger partial charge in [-0.3, -0.25) is 19.5 Å². The molecule has 0 spiro atoms. The maximum absolute atomic E-state index is 13.3. The lowest BCUT2D eigenvalue weighted by Crippen LogP contribution is -2.29. The van der Waals surface area contributed by atoms with E-state index in [1.165, 1.54) is 18.2 Å². The molecule has 180 valence electrons. The summed E-state index contributed by atoms with van der Waals surface area (Å²) in [7, 11) is 1.53.